The summed E-state index contributed by atoms with van der Waals surface area (Å²) in [6, 6.07) is 9.84. The summed E-state index contributed by atoms with van der Waals surface area (Å²) < 4.78 is 0.705. The topological polar surface area (TPSA) is 55.1 Å². The molecule has 0 saturated heterocycles. The van der Waals surface area contributed by atoms with Crippen LogP contribution in [0.3, 0.4) is 0 Å². The van der Waals surface area contributed by atoms with Crippen LogP contribution in [0.1, 0.15) is 10.4 Å². The first-order chi connectivity index (χ1) is 8.97. The first-order valence-electron chi connectivity index (χ1n) is 5.29. The molecule has 3 nitrogen and oxygen atoms in total. The maximum Gasteiger partial charge on any atom is 0.257 e. The zero-order valence-electron chi connectivity index (χ0n) is 9.58. The third-order valence-corrected chi connectivity index (χ3v) is 3.88. The fourth-order valence-electron chi connectivity index (χ4n) is 1.51. The van der Waals surface area contributed by atoms with Crippen molar-refractivity contribution in [1.82, 2.24) is 0 Å². The molecule has 0 atom stereocenters. The van der Waals surface area contributed by atoms with Gasteiger partial charge in [-0.3, -0.25) is 4.79 Å². The first-order valence-corrected chi connectivity index (χ1v) is 6.83. The summed E-state index contributed by atoms with van der Waals surface area (Å²) in [5.74, 6) is -0.302. The van der Waals surface area contributed by atoms with E-state index in [-0.39, 0.29) is 5.91 Å². The molecular formula is C13H9BrCl2N2O. The van der Waals surface area contributed by atoms with Crippen LogP contribution in [-0.4, -0.2) is 5.91 Å². The minimum Gasteiger partial charge on any atom is -0.398 e. The summed E-state index contributed by atoms with van der Waals surface area (Å²) in [7, 11) is 0. The number of rotatable bonds is 2. The van der Waals surface area contributed by atoms with Crippen molar-refractivity contribution in [3.05, 3.63) is 56.5 Å². The van der Waals surface area contributed by atoms with Crippen molar-refractivity contribution in [3.8, 4) is 0 Å². The van der Waals surface area contributed by atoms with Gasteiger partial charge in [0.1, 0.15) is 0 Å². The van der Waals surface area contributed by atoms with Crippen molar-refractivity contribution >= 4 is 56.4 Å². The van der Waals surface area contributed by atoms with Crippen LogP contribution in [0.15, 0.2) is 40.9 Å². The summed E-state index contributed by atoms with van der Waals surface area (Å²) in [5.41, 5.74) is 7.08. The van der Waals surface area contributed by atoms with Crippen molar-refractivity contribution in [2.24, 2.45) is 0 Å². The third kappa shape index (κ3) is 3.41. The van der Waals surface area contributed by atoms with E-state index in [1.807, 2.05) is 0 Å². The summed E-state index contributed by atoms with van der Waals surface area (Å²) in [5, 5.41) is 3.80. The Kier molecular flexibility index (Phi) is 4.34. The molecule has 0 spiro atoms. The lowest BCUT2D eigenvalue weighted by Crippen LogP contribution is -2.13. The first kappa shape index (κ1) is 14.2. The summed E-state index contributed by atoms with van der Waals surface area (Å²) in [6.07, 6.45) is 0. The predicted molar refractivity (Wildman–Crippen MR) is 83.0 cm³/mol. The van der Waals surface area contributed by atoms with E-state index in [1.165, 1.54) is 6.07 Å². The average Bonchev–Trinajstić information content (AvgIpc) is 2.33. The number of carbonyl (C=O) groups excluding carboxylic acids is 1. The van der Waals surface area contributed by atoms with Crippen LogP contribution in [0.25, 0.3) is 0 Å². The molecule has 0 bridgehead atoms. The van der Waals surface area contributed by atoms with E-state index in [1.54, 1.807) is 30.3 Å². The van der Waals surface area contributed by atoms with Gasteiger partial charge in [0.2, 0.25) is 0 Å². The molecule has 0 aliphatic heterocycles. The number of amides is 1. The van der Waals surface area contributed by atoms with Gasteiger partial charge in [-0.05, 0) is 52.3 Å². The Bertz CT molecular complexity index is 647. The number of anilines is 2. The molecule has 98 valence electrons. The molecule has 0 aromatic heterocycles. The van der Waals surface area contributed by atoms with Crippen LogP contribution in [0.4, 0.5) is 11.4 Å². The lowest BCUT2D eigenvalue weighted by molar-refractivity contribution is 0.102. The van der Waals surface area contributed by atoms with Crippen LogP contribution >= 0.6 is 39.1 Å². The minimum absolute atomic E-state index is 0.302. The average molecular weight is 360 g/mol. The van der Waals surface area contributed by atoms with Crippen molar-refractivity contribution in [3.63, 3.8) is 0 Å². The summed E-state index contributed by atoms with van der Waals surface area (Å²) in [6.45, 7) is 0. The molecule has 0 radical (unpaired) electrons. The Labute approximate surface area is 128 Å². The van der Waals surface area contributed by atoms with Crippen molar-refractivity contribution in [2.45, 2.75) is 0 Å². The standard InChI is InChI=1S/C13H9BrCl2N2O/c14-10-6-8(2-4-11(10)16)18-13(19)9-3-1-7(15)5-12(9)17/h1-6H,17H2,(H,18,19). The van der Waals surface area contributed by atoms with Gasteiger partial charge in [-0.25, -0.2) is 0 Å². The Morgan fingerprint density at radius 3 is 2.53 bits per heavy atom. The predicted octanol–water partition coefficient (Wildman–Crippen LogP) is 4.59. The lowest BCUT2D eigenvalue weighted by Gasteiger charge is -2.08. The molecule has 1 amide bonds. The highest BCUT2D eigenvalue weighted by atomic mass is 79.9. The van der Waals surface area contributed by atoms with E-state index in [0.29, 0.717) is 31.5 Å². The Morgan fingerprint density at radius 1 is 1.16 bits per heavy atom. The molecule has 2 aromatic rings. The van der Waals surface area contributed by atoms with E-state index in [4.69, 9.17) is 28.9 Å². The number of carbonyl (C=O) groups is 1. The highest BCUT2D eigenvalue weighted by molar-refractivity contribution is 9.10. The smallest absolute Gasteiger partial charge is 0.257 e. The molecule has 0 fully saturated rings. The highest BCUT2D eigenvalue weighted by Crippen LogP contribution is 2.26. The van der Waals surface area contributed by atoms with Crippen LogP contribution in [0, 0.1) is 0 Å². The Morgan fingerprint density at radius 2 is 1.89 bits per heavy atom. The van der Waals surface area contributed by atoms with Gasteiger partial charge in [-0.15, -0.1) is 0 Å². The zero-order valence-corrected chi connectivity index (χ0v) is 12.7. The molecule has 19 heavy (non-hydrogen) atoms. The van der Waals surface area contributed by atoms with Gasteiger partial charge in [0, 0.05) is 20.9 Å². The fourth-order valence-corrected chi connectivity index (χ4v) is 2.19. The van der Waals surface area contributed by atoms with E-state index in [2.05, 4.69) is 21.2 Å². The SMILES string of the molecule is Nc1cc(Cl)ccc1C(=O)Nc1ccc(Cl)c(Br)c1. The molecule has 0 heterocycles. The molecule has 0 saturated carbocycles. The van der Waals surface area contributed by atoms with Gasteiger partial charge >= 0.3 is 0 Å². The maximum atomic E-state index is 12.1. The van der Waals surface area contributed by atoms with Gasteiger partial charge in [-0.1, -0.05) is 23.2 Å². The third-order valence-electron chi connectivity index (χ3n) is 2.44. The lowest BCUT2D eigenvalue weighted by atomic mass is 10.1. The minimum atomic E-state index is -0.302. The van der Waals surface area contributed by atoms with Gasteiger partial charge in [0.25, 0.3) is 5.91 Å². The molecule has 0 aliphatic carbocycles. The van der Waals surface area contributed by atoms with Gasteiger partial charge in [0.05, 0.1) is 10.6 Å². The molecule has 2 aromatic carbocycles. The van der Waals surface area contributed by atoms with Crippen molar-refractivity contribution in [2.75, 3.05) is 11.1 Å². The normalized spacial score (nSPS) is 10.3. The van der Waals surface area contributed by atoms with Crippen LogP contribution < -0.4 is 11.1 Å². The Balaban J connectivity index is 2.23. The largest absolute Gasteiger partial charge is 0.398 e. The van der Waals surface area contributed by atoms with E-state index in [9.17, 15) is 4.79 Å². The molecule has 0 unspecified atom stereocenters. The van der Waals surface area contributed by atoms with Crippen molar-refractivity contribution in [1.29, 1.82) is 0 Å². The highest BCUT2D eigenvalue weighted by Gasteiger charge is 2.10. The van der Waals surface area contributed by atoms with Gasteiger partial charge in [0.15, 0.2) is 0 Å². The number of halogens is 3. The number of hydrogen-bond acceptors (Lipinski definition) is 2. The second kappa shape index (κ2) is 5.82. The van der Waals surface area contributed by atoms with E-state index >= 15 is 0 Å². The maximum absolute atomic E-state index is 12.1. The monoisotopic (exact) mass is 358 g/mol. The second-order valence-electron chi connectivity index (χ2n) is 3.81. The number of nitrogen functional groups attached to an aromatic ring is 1. The summed E-state index contributed by atoms with van der Waals surface area (Å²) in [4.78, 5) is 12.1. The molecule has 2 rings (SSSR count). The number of nitrogens with two attached hydrogens (primary N) is 1. The molecule has 3 N–H and O–H groups in total. The molecular weight excluding hydrogens is 351 g/mol. The van der Waals surface area contributed by atoms with E-state index in [0.717, 1.165) is 0 Å². The number of benzene rings is 2. The zero-order chi connectivity index (χ0) is 14.0. The fraction of sp³-hybridized carbons (Fsp3) is 0. The van der Waals surface area contributed by atoms with Gasteiger partial charge in [-0.2, -0.15) is 0 Å². The van der Waals surface area contributed by atoms with Crippen LogP contribution in [0.2, 0.25) is 10.0 Å². The number of hydrogen-bond donors (Lipinski definition) is 2. The van der Waals surface area contributed by atoms with Gasteiger partial charge < -0.3 is 11.1 Å². The quantitative estimate of drug-likeness (QED) is 0.770. The van der Waals surface area contributed by atoms with E-state index < -0.39 is 0 Å². The van der Waals surface area contributed by atoms with Crippen LogP contribution in [0.5, 0.6) is 0 Å². The Hall–Kier alpha value is -1.23. The van der Waals surface area contributed by atoms with Crippen LogP contribution in [-0.2, 0) is 0 Å². The second-order valence-corrected chi connectivity index (χ2v) is 5.51. The molecule has 6 heteroatoms. The summed E-state index contributed by atoms with van der Waals surface area (Å²) >= 11 is 15.0. The number of nitrogens with one attached hydrogen (secondary N) is 1. The van der Waals surface area contributed by atoms with Crippen molar-refractivity contribution < 1.29 is 4.79 Å². The molecule has 0 aliphatic rings.